The van der Waals surface area contributed by atoms with Crippen LogP contribution in [0, 0.1) is 6.92 Å². The highest BCUT2D eigenvalue weighted by Crippen LogP contribution is 2.19. The van der Waals surface area contributed by atoms with Crippen molar-refractivity contribution in [2.45, 2.75) is 26.7 Å². The van der Waals surface area contributed by atoms with Gasteiger partial charge in [0.05, 0.1) is 0 Å². The predicted octanol–water partition coefficient (Wildman–Crippen LogP) is 3.05. The third-order valence-electron chi connectivity index (χ3n) is 2.90. The summed E-state index contributed by atoms with van der Waals surface area (Å²) >= 11 is 6.09. The first-order valence-corrected chi connectivity index (χ1v) is 6.74. The zero-order valence-electron chi connectivity index (χ0n) is 11.2. The minimum absolute atomic E-state index is 0.526. The first kappa shape index (κ1) is 13.7. The lowest BCUT2D eigenvalue weighted by Gasteiger charge is -2.10. The summed E-state index contributed by atoms with van der Waals surface area (Å²) in [4.78, 5) is 12.7. The summed E-state index contributed by atoms with van der Waals surface area (Å²) < 4.78 is 0. The lowest BCUT2D eigenvalue weighted by Crippen LogP contribution is -2.10. The third kappa shape index (κ3) is 3.64. The largest absolute Gasteiger partial charge is 0.369 e. The number of hydrogen-bond donors (Lipinski definition) is 1. The quantitative estimate of drug-likeness (QED) is 0.853. The first-order valence-electron chi connectivity index (χ1n) is 6.36. The molecular weight excluding hydrogens is 260 g/mol. The van der Waals surface area contributed by atoms with Crippen molar-refractivity contribution in [1.29, 1.82) is 0 Å². The van der Waals surface area contributed by atoms with Gasteiger partial charge in [0.15, 0.2) is 0 Å². The molecule has 1 N–H and O–H groups in total. The molecule has 2 aromatic rings. The van der Waals surface area contributed by atoms with Crippen molar-refractivity contribution in [3.63, 3.8) is 0 Å². The molecule has 0 radical (unpaired) electrons. The van der Waals surface area contributed by atoms with Gasteiger partial charge in [-0.1, -0.05) is 18.5 Å². The fourth-order valence-electron chi connectivity index (χ4n) is 1.74. The maximum atomic E-state index is 6.09. The summed E-state index contributed by atoms with van der Waals surface area (Å²) in [6.45, 7) is 4.75. The Bertz CT molecular complexity index is 543. The molecule has 0 aliphatic carbocycles. The highest BCUT2D eigenvalue weighted by Gasteiger charge is 2.07. The molecule has 100 valence electrons. The summed E-state index contributed by atoms with van der Waals surface area (Å²) in [5.41, 5.74) is 2.14. The van der Waals surface area contributed by atoms with Gasteiger partial charge in [0.2, 0.25) is 0 Å². The Morgan fingerprint density at radius 3 is 2.63 bits per heavy atom. The Balaban J connectivity index is 2.01. The van der Waals surface area contributed by atoms with E-state index in [1.54, 1.807) is 12.4 Å². The van der Waals surface area contributed by atoms with E-state index in [2.05, 4.69) is 20.3 Å². The predicted molar refractivity (Wildman–Crippen MR) is 77.6 cm³/mol. The average molecular weight is 277 g/mol. The highest BCUT2D eigenvalue weighted by atomic mass is 35.5. The van der Waals surface area contributed by atoms with Crippen molar-refractivity contribution in [3.8, 4) is 0 Å². The molecular formula is C14H17ClN4. The minimum Gasteiger partial charge on any atom is -0.369 e. The van der Waals surface area contributed by atoms with Gasteiger partial charge in [-0.15, -0.1) is 0 Å². The summed E-state index contributed by atoms with van der Waals surface area (Å²) in [5.74, 6) is 1.59. The van der Waals surface area contributed by atoms with Gasteiger partial charge in [-0.2, -0.15) is 0 Å². The molecule has 0 amide bonds. The summed E-state index contributed by atoms with van der Waals surface area (Å²) in [7, 11) is 0. The minimum atomic E-state index is 0.526. The van der Waals surface area contributed by atoms with E-state index in [9.17, 15) is 0 Å². The molecule has 0 atom stereocenters. The smallest absolute Gasteiger partial charge is 0.137 e. The van der Waals surface area contributed by atoms with Crippen molar-refractivity contribution in [1.82, 2.24) is 15.0 Å². The van der Waals surface area contributed by atoms with Crippen LogP contribution in [0.4, 0.5) is 5.82 Å². The van der Waals surface area contributed by atoms with E-state index in [1.807, 2.05) is 26.0 Å². The average Bonchev–Trinajstić information content (AvgIpc) is 2.44. The Hall–Kier alpha value is -1.68. The van der Waals surface area contributed by atoms with E-state index in [-0.39, 0.29) is 0 Å². The van der Waals surface area contributed by atoms with Gasteiger partial charge in [-0.05, 0) is 31.0 Å². The van der Waals surface area contributed by atoms with Crippen LogP contribution in [0.3, 0.4) is 0 Å². The van der Waals surface area contributed by atoms with Crippen LogP contribution in [-0.2, 0) is 12.8 Å². The highest BCUT2D eigenvalue weighted by molar-refractivity contribution is 6.30. The molecule has 0 bridgehead atoms. The summed E-state index contributed by atoms with van der Waals surface area (Å²) in [6, 6.07) is 4.03. The van der Waals surface area contributed by atoms with Crippen LogP contribution in [0.15, 0.2) is 24.5 Å². The van der Waals surface area contributed by atoms with E-state index >= 15 is 0 Å². The molecule has 4 nitrogen and oxygen atoms in total. The normalized spacial score (nSPS) is 10.5. The van der Waals surface area contributed by atoms with Gasteiger partial charge >= 0.3 is 0 Å². The lowest BCUT2D eigenvalue weighted by molar-refractivity contribution is 0.915. The number of aromatic nitrogens is 3. The molecule has 0 fully saturated rings. The Kier molecular flexibility index (Phi) is 4.68. The Labute approximate surface area is 118 Å². The van der Waals surface area contributed by atoms with Gasteiger partial charge < -0.3 is 5.32 Å². The van der Waals surface area contributed by atoms with E-state index in [0.29, 0.717) is 5.15 Å². The van der Waals surface area contributed by atoms with Crippen LogP contribution in [0.25, 0.3) is 0 Å². The monoisotopic (exact) mass is 276 g/mol. The van der Waals surface area contributed by atoms with E-state index in [4.69, 9.17) is 11.6 Å². The first-order chi connectivity index (χ1) is 9.20. The molecule has 0 aliphatic heterocycles. The van der Waals surface area contributed by atoms with Gasteiger partial charge in [0.25, 0.3) is 0 Å². The van der Waals surface area contributed by atoms with E-state index in [0.717, 1.165) is 36.6 Å². The molecule has 2 rings (SSSR count). The number of rotatable bonds is 5. The third-order valence-corrected chi connectivity index (χ3v) is 3.27. The van der Waals surface area contributed by atoms with Crippen LogP contribution in [0.1, 0.15) is 23.9 Å². The SMILES string of the molecule is CCc1nc(Cl)c(C)c(NCCc2ccncc2)n1. The number of nitrogens with zero attached hydrogens (tertiary/aromatic N) is 3. The van der Waals surface area contributed by atoms with Crippen molar-refractivity contribution < 1.29 is 0 Å². The van der Waals surface area contributed by atoms with Gasteiger partial charge in [-0.25, -0.2) is 9.97 Å². The second kappa shape index (κ2) is 6.48. The molecule has 0 spiro atoms. The van der Waals surface area contributed by atoms with E-state index in [1.165, 1.54) is 5.56 Å². The van der Waals surface area contributed by atoms with Crippen LogP contribution < -0.4 is 5.32 Å². The zero-order valence-corrected chi connectivity index (χ0v) is 11.9. The maximum Gasteiger partial charge on any atom is 0.137 e. The van der Waals surface area contributed by atoms with Crippen molar-refractivity contribution >= 4 is 17.4 Å². The van der Waals surface area contributed by atoms with Crippen molar-refractivity contribution in [3.05, 3.63) is 46.6 Å². The summed E-state index contributed by atoms with van der Waals surface area (Å²) in [6.07, 6.45) is 5.30. The molecule has 0 aromatic carbocycles. The van der Waals surface area contributed by atoms with Gasteiger partial charge in [0.1, 0.15) is 16.8 Å². The fourth-order valence-corrected chi connectivity index (χ4v) is 1.92. The molecule has 0 aliphatic rings. The molecule has 5 heteroatoms. The second-order valence-corrected chi connectivity index (χ2v) is 4.65. The van der Waals surface area contributed by atoms with Crippen LogP contribution >= 0.6 is 11.6 Å². The maximum absolute atomic E-state index is 6.09. The van der Waals surface area contributed by atoms with Crippen molar-refractivity contribution in [2.75, 3.05) is 11.9 Å². The van der Waals surface area contributed by atoms with Crippen LogP contribution in [0.5, 0.6) is 0 Å². The van der Waals surface area contributed by atoms with Crippen LogP contribution in [-0.4, -0.2) is 21.5 Å². The molecule has 19 heavy (non-hydrogen) atoms. The molecule has 2 aromatic heterocycles. The number of halogens is 1. The molecule has 2 heterocycles. The zero-order chi connectivity index (χ0) is 13.7. The molecule has 0 unspecified atom stereocenters. The van der Waals surface area contributed by atoms with E-state index < -0.39 is 0 Å². The summed E-state index contributed by atoms with van der Waals surface area (Å²) in [5, 5.41) is 3.85. The molecule has 0 saturated heterocycles. The van der Waals surface area contributed by atoms with Crippen LogP contribution in [0.2, 0.25) is 5.15 Å². The number of aryl methyl sites for hydroxylation is 1. The van der Waals surface area contributed by atoms with Crippen molar-refractivity contribution in [2.24, 2.45) is 0 Å². The van der Waals surface area contributed by atoms with Gasteiger partial charge in [-0.3, -0.25) is 4.98 Å². The Morgan fingerprint density at radius 2 is 1.95 bits per heavy atom. The lowest BCUT2D eigenvalue weighted by atomic mass is 10.2. The fraction of sp³-hybridized carbons (Fsp3) is 0.357. The second-order valence-electron chi connectivity index (χ2n) is 4.29. The number of nitrogens with one attached hydrogen (secondary N) is 1. The number of hydrogen-bond acceptors (Lipinski definition) is 4. The Morgan fingerprint density at radius 1 is 1.21 bits per heavy atom. The topological polar surface area (TPSA) is 50.7 Å². The standard InChI is InChI=1S/C14H17ClN4/c1-3-12-18-13(15)10(2)14(19-12)17-9-6-11-4-7-16-8-5-11/h4-5,7-8H,3,6,9H2,1-2H3,(H,17,18,19). The number of anilines is 1. The number of pyridine rings is 1. The van der Waals surface area contributed by atoms with Gasteiger partial charge in [0, 0.05) is 30.9 Å². The molecule has 0 saturated carbocycles.